The third kappa shape index (κ3) is 8.32. The Kier molecular flexibility index (Phi) is 11.2. The number of ether oxygens (including phenoxy) is 4. The normalized spacial score (nSPS) is 11.2. The Morgan fingerprint density at radius 1 is 0.656 bits per heavy atom. The van der Waals surface area contributed by atoms with Crippen LogP contribution in [0.15, 0.2) is 46.7 Å². The van der Waals surface area contributed by atoms with E-state index in [4.69, 9.17) is 18.9 Å². The van der Waals surface area contributed by atoms with Crippen LogP contribution in [0, 0.1) is 0 Å². The molecule has 174 valence electrons. The van der Waals surface area contributed by atoms with Crippen LogP contribution in [0.1, 0.15) is 11.1 Å². The predicted molar refractivity (Wildman–Crippen MR) is 118 cm³/mol. The average Bonchev–Trinajstić information content (AvgIpc) is 2.80. The maximum atomic E-state index is 10.1. The standard InChI is InChI=1S/C22H28N2O8/c1-27-23-15-17-5-3-7-19(21(17)25)31-13-11-29-9-10-30-12-14-32-20-8-4-6-18(22(20)26)16-24-28-2/h3-8,15-16,25-26H,9-14H2,1-2H3/b23-15+,24-16+. The van der Waals surface area contributed by atoms with Crippen molar-refractivity contribution >= 4 is 12.4 Å². The molecule has 10 heteroatoms. The number of hydrogen-bond donors (Lipinski definition) is 2. The SMILES string of the molecule is CO/N=C/c1cccc(OCCOCCOCCOc2cccc(/C=N/OC)c2O)c1O. The molecule has 0 saturated heterocycles. The first-order valence-electron chi connectivity index (χ1n) is 9.85. The Morgan fingerprint density at radius 3 is 1.47 bits per heavy atom. The van der Waals surface area contributed by atoms with Crippen LogP contribution in [0.25, 0.3) is 0 Å². The van der Waals surface area contributed by atoms with Crippen LogP contribution in [-0.2, 0) is 19.1 Å². The highest BCUT2D eigenvalue weighted by Crippen LogP contribution is 2.29. The van der Waals surface area contributed by atoms with Gasteiger partial charge in [-0.2, -0.15) is 0 Å². The van der Waals surface area contributed by atoms with Crippen molar-refractivity contribution in [1.82, 2.24) is 0 Å². The number of phenolic OH excluding ortho intramolecular Hbond substituents is 2. The molecule has 0 aliphatic carbocycles. The molecule has 0 aromatic heterocycles. The first kappa shape index (κ1) is 24.8. The first-order chi connectivity index (χ1) is 15.7. The number of para-hydroxylation sites is 2. The van der Waals surface area contributed by atoms with Gasteiger partial charge >= 0.3 is 0 Å². The molecule has 2 aromatic rings. The summed E-state index contributed by atoms with van der Waals surface area (Å²) in [6, 6.07) is 10.2. The van der Waals surface area contributed by atoms with Gasteiger partial charge in [0.2, 0.25) is 0 Å². The summed E-state index contributed by atoms with van der Waals surface area (Å²) in [6.07, 6.45) is 2.79. The minimum Gasteiger partial charge on any atom is -0.504 e. The van der Waals surface area contributed by atoms with E-state index in [0.29, 0.717) is 49.1 Å². The van der Waals surface area contributed by atoms with E-state index >= 15 is 0 Å². The lowest BCUT2D eigenvalue weighted by Gasteiger charge is -2.11. The van der Waals surface area contributed by atoms with E-state index in [9.17, 15) is 10.2 Å². The van der Waals surface area contributed by atoms with Crippen LogP contribution in [0.4, 0.5) is 0 Å². The number of benzene rings is 2. The van der Waals surface area contributed by atoms with Crippen molar-refractivity contribution in [2.75, 3.05) is 53.9 Å². The maximum absolute atomic E-state index is 10.1. The van der Waals surface area contributed by atoms with E-state index in [2.05, 4.69) is 20.0 Å². The highest BCUT2D eigenvalue weighted by molar-refractivity contribution is 5.84. The number of oxime groups is 2. The molecule has 0 fully saturated rings. The second-order valence-corrected chi connectivity index (χ2v) is 6.14. The van der Waals surface area contributed by atoms with Gasteiger partial charge in [-0.05, 0) is 24.3 Å². The number of rotatable bonds is 15. The van der Waals surface area contributed by atoms with Gasteiger partial charge in [-0.1, -0.05) is 22.4 Å². The molecule has 2 rings (SSSR count). The predicted octanol–water partition coefficient (Wildman–Crippen LogP) is 2.55. The number of hydrogen-bond acceptors (Lipinski definition) is 10. The van der Waals surface area contributed by atoms with E-state index in [0.717, 1.165) is 0 Å². The van der Waals surface area contributed by atoms with Crippen molar-refractivity contribution in [1.29, 1.82) is 0 Å². The quantitative estimate of drug-likeness (QED) is 0.242. The monoisotopic (exact) mass is 448 g/mol. The third-order valence-electron chi connectivity index (χ3n) is 4.00. The molecule has 0 spiro atoms. The summed E-state index contributed by atoms with van der Waals surface area (Å²) in [5, 5.41) is 27.5. The third-order valence-corrected chi connectivity index (χ3v) is 4.00. The molecule has 0 aliphatic heterocycles. The smallest absolute Gasteiger partial charge is 0.166 e. The zero-order chi connectivity index (χ0) is 23.0. The first-order valence-corrected chi connectivity index (χ1v) is 9.85. The summed E-state index contributed by atoms with van der Waals surface area (Å²) in [5.74, 6) is 0.643. The van der Waals surface area contributed by atoms with E-state index < -0.39 is 0 Å². The minimum atomic E-state index is -0.0146. The van der Waals surface area contributed by atoms with Crippen molar-refractivity contribution < 1.29 is 38.8 Å². The largest absolute Gasteiger partial charge is 0.504 e. The molecule has 0 heterocycles. The zero-order valence-electron chi connectivity index (χ0n) is 18.1. The fourth-order valence-electron chi connectivity index (χ4n) is 2.48. The van der Waals surface area contributed by atoms with Crippen molar-refractivity contribution in [3.8, 4) is 23.0 Å². The van der Waals surface area contributed by atoms with E-state index in [-0.39, 0.29) is 24.7 Å². The van der Waals surface area contributed by atoms with E-state index in [1.54, 1.807) is 36.4 Å². The fourth-order valence-corrected chi connectivity index (χ4v) is 2.48. The van der Waals surface area contributed by atoms with Crippen molar-refractivity contribution in [2.24, 2.45) is 10.3 Å². The van der Waals surface area contributed by atoms with Crippen LogP contribution in [0.2, 0.25) is 0 Å². The van der Waals surface area contributed by atoms with Gasteiger partial charge in [-0.25, -0.2) is 0 Å². The lowest BCUT2D eigenvalue weighted by Crippen LogP contribution is -2.13. The van der Waals surface area contributed by atoms with Gasteiger partial charge in [0.25, 0.3) is 0 Å². The van der Waals surface area contributed by atoms with Crippen LogP contribution in [-0.4, -0.2) is 76.5 Å². The molecular formula is C22H28N2O8. The Hall–Kier alpha value is -3.50. The Morgan fingerprint density at radius 2 is 1.06 bits per heavy atom. The van der Waals surface area contributed by atoms with Gasteiger partial charge in [0.1, 0.15) is 27.4 Å². The van der Waals surface area contributed by atoms with Crippen molar-refractivity contribution in [3.63, 3.8) is 0 Å². The molecule has 0 atom stereocenters. The molecule has 0 radical (unpaired) electrons. The molecule has 0 bridgehead atoms. The lowest BCUT2D eigenvalue weighted by molar-refractivity contribution is 0.0269. The second kappa shape index (κ2) is 14.5. The van der Waals surface area contributed by atoms with Gasteiger partial charge in [0.05, 0.1) is 38.9 Å². The maximum Gasteiger partial charge on any atom is 0.166 e. The van der Waals surface area contributed by atoms with Crippen LogP contribution in [0.3, 0.4) is 0 Å². The van der Waals surface area contributed by atoms with Crippen molar-refractivity contribution in [3.05, 3.63) is 47.5 Å². The summed E-state index contributed by atoms with van der Waals surface area (Å²) in [7, 11) is 2.85. The lowest BCUT2D eigenvalue weighted by atomic mass is 10.2. The molecule has 0 unspecified atom stereocenters. The van der Waals surface area contributed by atoms with Gasteiger partial charge in [0, 0.05) is 11.1 Å². The number of nitrogens with zero attached hydrogens (tertiary/aromatic N) is 2. The zero-order valence-corrected chi connectivity index (χ0v) is 18.1. The van der Waals surface area contributed by atoms with E-state index in [1.165, 1.54) is 26.6 Å². The second-order valence-electron chi connectivity index (χ2n) is 6.14. The fraction of sp³-hybridized carbons (Fsp3) is 0.364. The summed E-state index contributed by atoms with van der Waals surface area (Å²) in [5.41, 5.74) is 0.980. The van der Waals surface area contributed by atoms with Crippen LogP contribution < -0.4 is 9.47 Å². The van der Waals surface area contributed by atoms with Gasteiger partial charge in [0.15, 0.2) is 23.0 Å². The molecule has 0 amide bonds. The Bertz CT molecular complexity index is 802. The van der Waals surface area contributed by atoms with Crippen LogP contribution >= 0.6 is 0 Å². The van der Waals surface area contributed by atoms with Gasteiger partial charge in [-0.15, -0.1) is 0 Å². The summed E-state index contributed by atoms with van der Waals surface area (Å²) < 4.78 is 21.9. The van der Waals surface area contributed by atoms with E-state index in [1.807, 2.05) is 0 Å². The van der Waals surface area contributed by atoms with Gasteiger partial charge in [-0.3, -0.25) is 0 Å². The van der Waals surface area contributed by atoms with Crippen LogP contribution in [0.5, 0.6) is 23.0 Å². The molecule has 10 nitrogen and oxygen atoms in total. The topological polar surface area (TPSA) is 121 Å². The highest BCUT2D eigenvalue weighted by atomic mass is 16.6. The average molecular weight is 448 g/mol. The van der Waals surface area contributed by atoms with Gasteiger partial charge < -0.3 is 38.8 Å². The molecule has 32 heavy (non-hydrogen) atoms. The minimum absolute atomic E-state index is 0.0146. The summed E-state index contributed by atoms with van der Waals surface area (Å²) in [6.45, 7) is 1.96. The Balaban J connectivity index is 1.56. The summed E-state index contributed by atoms with van der Waals surface area (Å²) in [4.78, 5) is 9.21. The number of phenols is 2. The molecule has 0 aliphatic rings. The molecular weight excluding hydrogens is 420 g/mol. The molecule has 0 saturated carbocycles. The summed E-state index contributed by atoms with van der Waals surface area (Å²) >= 11 is 0. The Labute approximate surface area is 186 Å². The highest BCUT2D eigenvalue weighted by Gasteiger charge is 2.07. The molecule has 2 aromatic carbocycles. The number of aromatic hydroxyl groups is 2. The molecule has 2 N–H and O–H groups in total. The van der Waals surface area contributed by atoms with Crippen molar-refractivity contribution in [2.45, 2.75) is 0 Å².